The first-order valence-corrected chi connectivity index (χ1v) is 9.08. The van der Waals surface area contributed by atoms with E-state index in [1.54, 1.807) is 23.8 Å². The Hall–Kier alpha value is -2.47. The molecule has 1 N–H and O–H groups in total. The van der Waals surface area contributed by atoms with Crippen molar-refractivity contribution < 1.29 is 14.3 Å². The van der Waals surface area contributed by atoms with Gasteiger partial charge in [-0.1, -0.05) is 30.3 Å². The van der Waals surface area contributed by atoms with E-state index in [1.807, 2.05) is 48.5 Å². The molecule has 0 saturated carbocycles. The van der Waals surface area contributed by atoms with Crippen LogP contribution < -0.4 is 15.0 Å². The molecular weight excluding hydrogens is 336 g/mol. The molecule has 3 rings (SSSR count). The van der Waals surface area contributed by atoms with Crippen molar-refractivity contribution in [2.45, 2.75) is 17.9 Å². The molecule has 2 amide bonds. The van der Waals surface area contributed by atoms with Crippen molar-refractivity contribution in [3.63, 3.8) is 0 Å². The molecule has 25 heavy (non-hydrogen) atoms. The van der Waals surface area contributed by atoms with Crippen molar-refractivity contribution in [1.82, 2.24) is 5.32 Å². The van der Waals surface area contributed by atoms with Crippen LogP contribution in [0.5, 0.6) is 5.75 Å². The Morgan fingerprint density at radius 2 is 1.96 bits per heavy atom. The zero-order valence-electron chi connectivity index (χ0n) is 14.0. The Bertz CT molecular complexity index is 779. The Morgan fingerprint density at radius 3 is 2.80 bits per heavy atom. The molecule has 2 aromatic carbocycles. The zero-order chi connectivity index (χ0) is 17.6. The number of benzene rings is 2. The van der Waals surface area contributed by atoms with Crippen LogP contribution in [-0.2, 0) is 16.1 Å². The number of carbonyl (C=O) groups excluding carboxylic acids is 2. The minimum absolute atomic E-state index is 0.0428. The monoisotopic (exact) mass is 356 g/mol. The number of hydrogen-bond acceptors (Lipinski definition) is 4. The van der Waals surface area contributed by atoms with Gasteiger partial charge in [0.25, 0.3) is 0 Å². The number of hydrogen-bond donors (Lipinski definition) is 1. The molecular formula is C19H20N2O3S. The topological polar surface area (TPSA) is 58.6 Å². The third-order valence-electron chi connectivity index (χ3n) is 4.04. The van der Waals surface area contributed by atoms with E-state index in [1.165, 1.54) is 0 Å². The molecule has 1 aliphatic rings. The van der Waals surface area contributed by atoms with Crippen LogP contribution in [-0.4, -0.2) is 31.2 Å². The van der Waals surface area contributed by atoms with Crippen molar-refractivity contribution >= 4 is 29.3 Å². The molecule has 0 spiro atoms. The maximum absolute atomic E-state index is 12.2. The lowest BCUT2D eigenvalue weighted by Crippen LogP contribution is -2.38. The van der Waals surface area contributed by atoms with Gasteiger partial charge in [-0.2, -0.15) is 0 Å². The van der Waals surface area contributed by atoms with Gasteiger partial charge in [0.2, 0.25) is 11.8 Å². The summed E-state index contributed by atoms with van der Waals surface area (Å²) in [5, 5.41) is 2.89. The molecule has 0 radical (unpaired) electrons. The standard InChI is InChI=1S/C19H20N2O3S/c1-24-16-8-4-2-6-14(16)12-20-18(22)10-11-21-15-7-3-5-9-17(15)25-13-19(21)23/h2-9H,10-13H2,1H3,(H,20,22). The van der Waals surface area contributed by atoms with E-state index >= 15 is 0 Å². The summed E-state index contributed by atoms with van der Waals surface area (Å²) in [5.41, 5.74) is 1.82. The second kappa shape index (κ2) is 8.07. The molecule has 1 aliphatic heterocycles. The molecule has 0 atom stereocenters. The van der Waals surface area contributed by atoms with Crippen molar-refractivity contribution in [3.05, 3.63) is 54.1 Å². The van der Waals surface area contributed by atoms with Crippen LogP contribution >= 0.6 is 11.8 Å². The molecule has 0 bridgehead atoms. The normalized spacial score (nSPS) is 13.3. The highest BCUT2D eigenvalue weighted by atomic mass is 32.2. The first kappa shape index (κ1) is 17.4. The van der Waals surface area contributed by atoms with Gasteiger partial charge in [0.1, 0.15) is 5.75 Å². The largest absolute Gasteiger partial charge is 0.496 e. The number of rotatable bonds is 6. The Kier molecular flexibility index (Phi) is 5.60. The van der Waals surface area contributed by atoms with Crippen LogP contribution in [0.4, 0.5) is 5.69 Å². The lowest BCUT2D eigenvalue weighted by atomic mass is 10.2. The summed E-state index contributed by atoms with van der Waals surface area (Å²) in [6.07, 6.45) is 0.264. The van der Waals surface area contributed by atoms with Gasteiger partial charge >= 0.3 is 0 Å². The van der Waals surface area contributed by atoms with Crippen LogP contribution in [0.1, 0.15) is 12.0 Å². The van der Waals surface area contributed by atoms with Gasteiger partial charge in [0.05, 0.1) is 18.6 Å². The highest BCUT2D eigenvalue weighted by Crippen LogP contribution is 2.34. The van der Waals surface area contributed by atoms with E-state index in [-0.39, 0.29) is 18.2 Å². The van der Waals surface area contributed by atoms with E-state index < -0.39 is 0 Å². The van der Waals surface area contributed by atoms with E-state index in [9.17, 15) is 9.59 Å². The van der Waals surface area contributed by atoms with Gasteiger partial charge in [0.15, 0.2) is 0 Å². The van der Waals surface area contributed by atoms with E-state index in [0.717, 1.165) is 21.9 Å². The quantitative estimate of drug-likeness (QED) is 0.865. The van der Waals surface area contributed by atoms with Crippen molar-refractivity contribution in [1.29, 1.82) is 0 Å². The summed E-state index contributed by atoms with van der Waals surface area (Å²) in [7, 11) is 1.61. The van der Waals surface area contributed by atoms with Gasteiger partial charge in [-0.15, -0.1) is 11.8 Å². The van der Waals surface area contributed by atoms with E-state index in [2.05, 4.69) is 5.32 Å². The number of fused-ring (bicyclic) bond motifs is 1. The molecule has 5 nitrogen and oxygen atoms in total. The molecule has 1 heterocycles. The lowest BCUT2D eigenvalue weighted by molar-refractivity contribution is -0.121. The van der Waals surface area contributed by atoms with Crippen LogP contribution in [0, 0.1) is 0 Å². The van der Waals surface area contributed by atoms with Crippen LogP contribution in [0.25, 0.3) is 0 Å². The summed E-state index contributed by atoms with van der Waals surface area (Å²) >= 11 is 1.54. The van der Waals surface area contributed by atoms with Crippen LogP contribution in [0.3, 0.4) is 0 Å². The number of nitrogens with one attached hydrogen (secondary N) is 1. The van der Waals surface area contributed by atoms with Gasteiger partial charge in [0, 0.05) is 30.0 Å². The fourth-order valence-corrected chi connectivity index (χ4v) is 3.68. The average molecular weight is 356 g/mol. The number of amides is 2. The van der Waals surface area contributed by atoms with Gasteiger partial charge in [-0.05, 0) is 18.2 Å². The highest BCUT2D eigenvalue weighted by Gasteiger charge is 2.24. The summed E-state index contributed by atoms with van der Waals surface area (Å²) in [4.78, 5) is 27.2. The minimum atomic E-state index is -0.0885. The van der Waals surface area contributed by atoms with Gasteiger partial charge < -0.3 is 15.0 Å². The molecule has 0 unspecified atom stereocenters. The molecule has 0 aliphatic carbocycles. The van der Waals surface area contributed by atoms with Crippen LogP contribution in [0.2, 0.25) is 0 Å². The van der Waals surface area contributed by atoms with Gasteiger partial charge in [-0.3, -0.25) is 9.59 Å². The summed E-state index contributed by atoms with van der Waals surface area (Å²) < 4.78 is 5.28. The van der Waals surface area contributed by atoms with E-state index in [4.69, 9.17) is 4.74 Å². The Balaban J connectivity index is 1.57. The number of ether oxygens (including phenoxy) is 1. The summed E-state index contributed by atoms with van der Waals surface area (Å²) in [5.74, 6) is 1.12. The molecule has 0 aromatic heterocycles. The fraction of sp³-hybridized carbons (Fsp3) is 0.263. The molecule has 2 aromatic rings. The third-order valence-corrected chi connectivity index (χ3v) is 5.09. The smallest absolute Gasteiger partial charge is 0.237 e. The van der Waals surface area contributed by atoms with Crippen molar-refractivity contribution in [2.24, 2.45) is 0 Å². The maximum atomic E-state index is 12.2. The number of carbonyl (C=O) groups is 2. The minimum Gasteiger partial charge on any atom is -0.496 e. The van der Waals surface area contributed by atoms with E-state index in [0.29, 0.717) is 18.8 Å². The number of methoxy groups -OCH3 is 1. The third kappa shape index (κ3) is 4.14. The SMILES string of the molecule is COc1ccccc1CNC(=O)CCN1C(=O)CSc2ccccc21. The number of thioether (sulfide) groups is 1. The molecule has 0 saturated heterocycles. The molecule has 0 fully saturated rings. The number of nitrogens with zero attached hydrogens (tertiary/aromatic N) is 1. The summed E-state index contributed by atoms with van der Waals surface area (Å²) in [6.45, 7) is 0.789. The predicted molar refractivity (Wildman–Crippen MR) is 99.0 cm³/mol. The highest BCUT2D eigenvalue weighted by molar-refractivity contribution is 8.00. The second-order valence-electron chi connectivity index (χ2n) is 5.64. The average Bonchev–Trinajstić information content (AvgIpc) is 2.65. The van der Waals surface area contributed by atoms with Crippen molar-refractivity contribution in [3.8, 4) is 5.75 Å². The number of para-hydroxylation sites is 2. The lowest BCUT2D eigenvalue weighted by Gasteiger charge is -2.28. The second-order valence-corrected chi connectivity index (χ2v) is 6.66. The fourth-order valence-electron chi connectivity index (χ4n) is 2.74. The number of anilines is 1. The van der Waals surface area contributed by atoms with Gasteiger partial charge in [-0.25, -0.2) is 0 Å². The van der Waals surface area contributed by atoms with Crippen LogP contribution in [0.15, 0.2) is 53.4 Å². The first-order chi connectivity index (χ1) is 12.2. The first-order valence-electron chi connectivity index (χ1n) is 8.10. The predicted octanol–water partition coefficient (Wildman–Crippen LogP) is 2.84. The Morgan fingerprint density at radius 1 is 1.20 bits per heavy atom. The summed E-state index contributed by atoms with van der Waals surface area (Å²) in [6, 6.07) is 15.4. The Labute approximate surface area is 151 Å². The molecule has 6 heteroatoms. The zero-order valence-corrected chi connectivity index (χ0v) is 14.8. The molecule has 130 valence electrons. The maximum Gasteiger partial charge on any atom is 0.237 e. The van der Waals surface area contributed by atoms with Crippen molar-refractivity contribution in [2.75, 3.05) is 24.3 Å².